The van der Waals surface area contributed by atoms with Crippen LogP contribution in [0.5, 0.6) is 5.75 Å². The van der Waals surface area contributed by atoms with E-state index in [1.54, 1.807) is 19.4 Å². The third-order valence-corrected chi connectivity index (χ3v) is 4.09. The van der Waals surface area contributed by atoms with Crippen molar-refractivity contribution < 1.29 is 19.0 Å². The molecule has 0 saturated carbocycles. The van der Waals surface area contributed by atoms with Gasteiger partial charge in [-0.15, -0.1) is 0 Å². The third-order valence-electron chi connectivity index (χ3n) is 4.09. The number of carbonyl (C=O) groups is 1. The van der Waals surface area contributed by atoms with Crippen LogP contribution in [-0.4, -0.2) is 67.1 Å². The predicted molar refractivity (Wildman–Crippen MR) is 91.2 cm³/mol. The van der Waals surface area contributed by atoms with Gasteiger partial charge < -0.3 is 14.2 Å². The number of likely N-dealkylation sites (tertiary alicyclic amines) is 1. The van der Waals surface area contributed by atoms with E-state index in [0.29, 0.717) is 29.9 Å². The molecule has 1 unspecified atom stereocenters. The van der Waals surface area contributed by atoms with E-state index < -0.39 is 6.04 Å². The lowest BCUT2D eigenvalue weighted by Gasteiger charge is -2.42. The van der Waals surface area contributed by atoms with E-state index in [9.17, 15) is 10.1 Å². The first kappa shape index (κ1) is 18.7. The number of nitrogens with one attached hydrogen (secondary N) is 1. The molecule has 3 rings (SSSR count). The normalized spacial score (nSPS) is 15.7. The number of methoxy groups -OCH3 is 2. The van der Waals surface area contributed by atoms with Gasteiger partial charge in [0.15, 0.2) is 5.75 Å². The van der Waals surface area contributed by atoms with E-state index in [2.05, 4.69) is 16.3 Å². The summed E-state index contributed by atoms with van der Waals surface area (Å²) in [7, 11) is 2.90. The molecule has 25 heavy (non-hydrogen) atoms. The van der Waals surface area contributed by atoms with Crippen LogP contribution in [0.4, 0.5) is 0 Å². The first-order valence-electron chi connectivity index (χ1n) is 7.51. The Hall–Kier alpha value is -2.63. The molecule has 0 bridgehead atoms. The van der Waals surface area contributed by atoms with E-state index in [1.807, 2.05) is 11.0 Å². The minimum absolute atomic E-state index is 0. The average molecular weight is 346 g/mol. The first-order chi connectivity index (χ1) is 11.7. The second kappa shape index (κ2) is 7.96. The lowest BCUT2D eigenvalue weighted by Crippen LogP contribution is -2.61. The van der Waals surface area contributed by atoms with Crippen molar-refractivity contribution >= 4 is 16.9 Å². The van der Waals surface area contributed by atoms with Gasteiger partial charge in [-0.25, -0.2) is 0 Å². The molecule has 1 atom stereocenters. The Morgan fingerprint density at radius 2 is 2.24 bits per heavy atom. The van der Waals surface area contributed by atoms with Gasteiger partial charge >= 0.3 is 5.97 Å². The maximum absolute atomic E-state index is 11.8. The number of H-pyrrole nitrogens is 1. The van der Waals surface area contributed by atoms with Crippen LogP contribution in [0.1, 0.15) is 13.0 Å². The molecule has 8 heteroatoms. The van der Waals surface area contributed by atoms with E-state index >= 15 is 0 Å². The van der Waals surface area contributed by atoms with Crippen molar-refractivity contribution in [3.8, 4) is 11.8 Å². The molecule has 1 aliphatic rings. The molecule has 0 spiro atoms. The number of nitriles is 1. The van der Waals surface area contributed by atoms with Gasteiger partial charge in [0.25, 0.3) is 0 Å². The highest BCUT2D eigenvalue weighted by Gasteiger charge is 2.38. The fraction of sp³-hybridized carbons (Fsp3) is 0.471. The van der Waals surface area contributed by atoms with Gasteiger partial charge in [-0.1, -0.05) is 7.43 Å². The number of fused-ring (bicyclic) bond motifs is 1. The molecule has 1 saturated heterocycles. The maximum Gasteiger partial charge on any atom is 0.325 e. The molecule has 1 N–H and O–H groups in total. The van der Waals surface area contributed by atoms with Gasteiger partial charge in [-0.2, -0.15) is 10.4 Å². The average Bonchev–Trinajstić information content (AvgIpc) is 3.04. The maximum atomic E-state index is 11.8. The molecule has 1 aliphatic heterocycles. The van der Waals surface area contributed by atoms with Crippen molar-refractivity contribution in [2.45, 2.75) is 19.6 Å². The third kappa shape index (κ3) is 3.57. The minimum atomic E-state index is -0.446. The van der Waals surface area contributed by atoms with Crippen molar-refractivity contribution in [1.82, 2.24) is 15.1 Å². The molecule has 8 nitrogen and oxygen atoms in total. The number of ether oxygens (including phenoxy) is 3. The summed E-state index contributed by atoms with van der Waals surface area (Å²) in [6.45, 7) is 1.37. The molecule has 1 aromatic carbocycles. The summed E-state index contributed by atoms with van der Waals surface area (Å²) in [5, 5.41) is 17.0. The van der Waals surface area contributed by atoms with Crippen molar-refractivity contribution in [2.24, 2.45) is 0 Å². The summed E-state index contributed by atoms with van der Waals surface area (Å²) >= 11 is 0. The molecular formula is C17H22N4O4. The number of rotatable bonds is 6. The van der Waals surface area contributed by atoms with Gasteiger partial charge in [-0.05, 0) is 12.1 Å². The SMILES string of the molecule is C.COCC(C(=O)OC)N1CC(Oc2c(C#N)ccc3cn[nH]c23)C1. The Balaban J connectivity index is 0.00000225. The Labute approximate surface area is 146 Å². The number of aromatic amines is 1. The van der Waals surface area contributed by atoms with Crippen LogP contribution in [0.3, 0.4) is 0 Å². The number of esters is 1. The van der Waals surface area contributed by atoms with E-state index in [4.69, 9.17) is 14.2 Å². The Kier molecular flexibility index (Phi) is 5.96. The zero-order valence-corrected chi connectivity index (χ0v) is 13.5. The molecule has 2 aromatic rings. The molecule has 1 aromatic heterocycles. The quantitative estimate of drug-likeness (QED) is 0.787. The number of aromatic nitrogens is 2. The van der Waals surface area contributed by atoms with Crippen LogP contribution < -0.4 is 4.74 Å². The van der Waals surface area contributed by atoms with Gasteiger partial charge in [0.2, 0.25) is 0 Å². The molecule has 134 valence electrons. The second-order valence-electron chi connectivity index (χ2n) is 5.58. The number of nitrogens with zero attached hydrogens (tertiary/aromatic N) is 3. The number of hydrogen-bond acceptors (Lipinski definition) is 7. The highest BCUT2D eigenvalue weighted by Crippen LogP contribution is 2.30. The van der Waals surface area contributed by atoms with Crippen LogP contribution in [0.25, 0.3) is 10.9 Å². The fourth-order valence-electron chi connectivity index (χ4n) is 2.78. The summed E-state index contributed by atoms with van der Waals surface area (Å²) in [5.41, 5.74) is 1.15. The van der Waals surface area contributed by atoms with Gasteiger partial charge in [0.1, 0.15) is 23.7 Å². The first-order valence-corrected chi connectivity index (χ1v) is 7.51. The summed E-state index contributed by atoms with van der Waals surface area (Å²) in [5.74, 6) is 0.169. The van der Waals surface area contributed by atoms with Crippen molar-refractivity contribution in [1.29, 1.82) is 5.26 Å². The van der Waals surface area contributed by atoms with Crippen molar-refractivity contribution in [3.63, 3.8) is 0 Å². The lowest BCUT2D eigenvalue weighted by atomic mass is 10.1. The molecular weight excluding hydrogens is 324 g/mol. The number of carbonyl (C=O) groups excluding carboxylic acids is 1. The van der Waals surface area contributed by atoms with Gasteiger partial charge in [0, 0.05) is 25.6 Å². The van der Waals surface area contributed by atoms with E-state index in [0.717, 1.165) is 5.39 Å². The zero-order chi connectivity index (χ0) is 17.1. The molecule has 0 aliphatic carbocycles. The smallest absolute Gasteiger partial charge is 0.325 e. The van der Waals surface area contributed by atoms with Crippen LogP contribution in [-0.2, 0) is 14.3 Å². The van der Waals surface area contributed by atoms with Gasteiger partial charge in [-0.3, -0.25) is 14.8 Å². The second-order valence-corrected chi connectivity index (χ2v) is 5.58. The molecule has 1 fully saturated rings. The minimum Gasteiger partial charge on any atom is -0.484 e. The van der Waals surface area contributed by atoms with Gasteiger partial charge in [0.05, 0.1) is 25.5 Å². The van der Waals surface area contributed by atoms with Crippen LogP contribution in [0.2, 0.25) is 0 Å². The Morgan fingerprint density at radius 1 is 1.48 bits per heavy atom. The number of hydrogen-bond donors (Lipinski definition) is 1. The largest absolute Gasteiger partial charge is 0.484 e. The summed E-state index contributed by atoms with van der Waals surface area (Å²) in [6.07, 6.45) is 1.57. The topological polar surface area (TPSA) is 100 Å². The zero-order valence-electron chi connectivity index (χ0n) is 13.5. The van der Waals surface area contributed by atoms with Crippen LogP contribution in [0, 0.1) is 11.3 Å². The summed E-state index contributed by atoms with van der Waals surface area (Å²) in [6, 6.07) is 5.22. The van der Waals surface area contributed by atoms with E-state index in [-0.39, 0.29) is 26.1 Å². The summed E-state index contributed by atoms with van der Waals surface area (Å²) in [4.78, 5) is 13.7. The highest BCUT2D eigenvalue weighted by atomic mass is 16.5. The Morgan fingerprint density at radius 3 is 2.88 bits per heavy atom. The van der Waals surface area contributed by atoms with E-state index in [1.165, 1.54) is 7.11 Å². The predicted octanol–water partition coefficient (Wildman–Crippen LogP) is 1.32. The van der Waals surface area contributed by atoms with Crippen LogP contribution >= 0.6 is 0 Å². The molecule has 0 amide bonds. The lowest BCUT2D eigenvalue weighted by molar-refractivity contribution is -0.153. The monoisotopic (exact) mass is 346 g/mol. The molecule has 0 radical (unpaired) electrons. The fourth-order valence-corrected chi connectivity index (χ4v) is 2.78. The van der Waals surface area contributed by atoms with Crippen LogP contribution in [0.15, 0.2) is 18.3 Å². The molecule has 2 heterocycles. The number of benzene rings is 1. The van der Waals surface area contributed by atoms with Crippen molar-refractivity contribution in [3.05, 3.63) is 23.9 Å². The summed E-state index contributed by atoms with van der Waals surface area (Å²) < 4.78 is 15.9. The Bertz CT molecular complexity index is 777. The standard InChI is InChI=1S/C16H18N4O4.CH4/c1-22-9-13(16(21)23-2)20-7-12(8-20)24-15-10(5-17)3-4-11-6-18-19-14(11)15;/h3-4,6,12-13H,7-9H2,1-2H3,(H,18,19);1H4. The van der Waals surface area contributed by atoms with Crippen molar-refractivity contribution in [2.75, 3.05) is 33.9 Å². The highest BCUT2D eigenvalue weighted by molar-refractivity contribution is 5.86.